The first-order chi connectivity index (χ1) is 9.67. The fourth-order valence-corrected chi connectivity index (χ4v) is 3.43. The maximum atomic E-state index is 12.5. The number of rotatable bonds is 4. The molecular formula is C18H26BrNO. The summed E-state index contributed by atoms with van der Waals surface area (Å²) in [4.78, 5) is 14.5. The van der Waals surface area contributed by atoms with Gasteiger partial charge in [-0.25, -0.2) is 0 Å². The summed E-state index contributed by atoms with van der Waals surface area (Å²) in [6.07, 6.45) is 2.59. The van der Waals surface area contributed by atoms with Crippen molar-refractivity contribution in [2.45, 2.75) is 64.2 Å². The van der Waals surface area contributed by atoms with Gasteiger partial charge in [0, 0.05) is 22.5 Å². The van der Waals surface area contributed by atoms with Crippen LogP contribution in [0.2, 0.25) is 0 Å². The van der Waals surface area contributed by atoms with Crippen LogP contribution >= 0.6 is 15.9 Å². The van der Waals surface area contributed by atoms with E-state index < -0.39 is 0 Å². The van der Waals surface area contributed by atoms with Crippen molar-refractivity contribution in [2.75, 3.05) is 4.90 Å². The minimum absolute atomic E-state index is 0.110. The molecule has 116 valence electrons. The van der Waals surface area contributed by atoms with Gasteiger partial charge in [-0.05, 0) is 56.7 Å². The third-order valence-corrected chi connectivity index (χ3v) is 4.12. The molecule has 21 heavy (non-hydrogen) atoms. The molecule has 0 bridgehead atoms. The van der Waals surface area contributed by atoms with Crippen LogP contribution in [-0.2, 0) is 17.6 Å². The normalized spacial score (nSPS) is 18.2. The Morgan fingerprint density at radius 1 is 1.43 bits per heavy atom. The molecule has 0 fully saturated rings. The number of benzene rings is 1. The zero-order valence-corrected chi connectivity index (χ0v) is 15.3. The minimum Gasteiger partial charge on any atom is -0.309 e. The third kappa shape index (κ3) is 4.09. The van der Waals surface area contributed by atoms with Gasteiger partial charge in [-0.3, -0.25) is 4.79 Å². The maximum absolute atomic E-state index is 12.5. The Bertz CT molecular complexity index is 531. The van der Waals surface area contributed by atoms with Crippen LogP contribution in [0.5, 0.6) is 0 Å². The number of carbonyl (C=O) groups excluding carboxylic acids is 1. The Morgan fingerprint density at radius 2 is 2.10 bits per heavy atom. The number of fused-ring (bicyclic) bond motifs is 1. The van der Waals surface area contributed by atoms with Gasteiger partial charge in [0.2, 0.25) is 5.91 Å². The highest BCUT2D eigenvalue weighted by atomic mass is 79.9. The molecule has 2 rings (SSSR count). The smallest absolute Gasteiger partial charge is 0.227 e. The predicted octanol–water partition coefficient (Wildman–Crippen LogP) is 4.73. The topological polar surface area (TPSA) is 20.3 Å². The van der Waals surface area contributed by atoms with E-state index in [4.69, 9.17) is 0 Å². The average molecular weight is 352 g/mol. The lowest BCUT2D eigenvalue weighted by Gasteiger charge is -2.24. The quantitative estimate of drug-likeness (QED) is 0.718. The van der Waals surface area contributed by atoms with Crippen LogP contribution in [0.15, 0.2) is 18.2 Å². The highest BCUT2D eigenvalue weighted by Gasteiger charge is 2.31. The molecule has 2 nitrogen and oxygen atoms in total. The van der Waals surface area contributed by atoms with E-state index >= 15 is 0 Å². The molecule has 1 aliphatic rings. The summed E-state index contributed by atoms with van der Waals surface area (Å²) in [5, 5.41) is 0. The second kappa shape index (κ2) is 6.12. The van der Waals surface area contributed by atoms with Gasteiger partial charge in [0.15, 0.2) is 0 Å². The lowest BCUT2D eigenvalue weighted by Crippen LogP contribution is -2.36. The molecule has 1 heterocycles. The Kier molecular flexibility index (Phi) is 4.82. The number of nitrogens with zero attached hydrogens (tertiary/aromatic N) is 1. The highest BCUT2D eigenvalue weighted by Crippen LogP contribution is 2.35. The molecule has 1 aliphatic heterocycles. The lowest BCUT2D eigenvalue weighted by molar-refractivity contribution is -0.119. The van der Waals surface area contributed by atoms with Gasteiger partial charge >= 0.3 is 0 Å². The molecule has 0 saturated heterocycles. The van der Waals surface area contributed by atoms with Gasteiger partial charge in [0.1, 0.15) is 0 Å². The van der Waals surface area contributed by atoms with Gasteiger partial charge < -0.3 is 4.90 Å². The van der Waals surface area contributed by atoms with E-state index in [1.165, 1.54) is 11.1 Å². The monoisotopic (exact) mass is 351 g/mol. The van der Waals surface area contributed by atoms with Crippen LogP contribution in [-0.4, -0.2) is 16.3 Å². The van der Waals surface area contributed by atoms with Crippen molar-refractivity contribution in [3.63, 3.8) is 0 Å². The van der Waals surface area contributed by atoms with Gasteiger partial charge in [-0.15, -0.1) is 0 Å². The molecule has 1 aromatic rings. The predicted molar refractivity (Wildman–Crippen MR) is 93.3 cm³/mol. The molecule has 1 amide bonds. The molecule has 1 atom stereocenters. The zero-order valence-electron chi connectivity index (χ0n) is 13.7. The number of hydrogen-bond acceptors (Lipinski definition) is 1. The van der Waals surface area contributed by atoms with Gasteiger partial charge in [-0.1, -0.05) is 41.9 Å². The van der Waals surface area contributed by atoms with E-state index in [2.05, 4.69) is 68.7 Å². The van der Waals surface area contributed by atoms with Gasteiger partial charge in [0.05, 0.1) is 0 Å². The van der Waals surface area contributed by atoms with Crippen molar-refractivity contribution in [1.29, 1.82) is 0 Å². The Hall–Kier alpha value is -0.830. The van der Waals surface area contributed by atoms with E-state index in [1.54, 1.807) is 0 Å². The first kappa shape index (κ1) is 16.5. The largest absolute Gasteiger partial charge is 0.309 e. The van der Waals surface area contributed by atoms with Gasteiger partial charge in [0.25, 0.3) is 0 Å². The number of hydrogen-bond donors (Lipinski definition) is 0. The molecule has 0 aliphatic carbocycles. The second-order valence-corrected chi connectivity index (χ2v) is 9.42. The summed E-state index contributed by atoms with van der Waals surface area (Å²) in [5.74, 6) is 0.659. The van der Waals surface area contributed by atoms with Crippen molar-refractivity contribution >= 4 is 27.5 Å². The number of amides is 1. The standard InChI is InChI=1S/C18H26BrNO/c1-12(2)8-17(21)20-13(3)9-15-10-14(6-7-16(15)20)11-18(4,5)19/h6-7,10,12-13H,8-9,11H2,1-5H3. The van der Waals surface area contributed by atoms with E-state index in [1.807, 2.05) is 4.90 Å². The van der Waals surface area contributed by atoms with Crippen LogP contribution in [0, 0.1) is 5.92 Å². The van der Waals surface area contributed by atoms with Crippen LogP contribution in [0.3, 0.4) is 0 Å². The zero-order chi connectivity index (χ0) is 15.8. The molecule has 0 spiro atoms. The minimum atomic E-state index is 0.110. The number of halogens is 1. The fraction of sp³-hybridized carbons (Fsp3) is 0.611. The fourth-order valence-electron chi connectivity index (χ4n) is 3.11. The highest BCUT2D eigenvalue weighted by molar-refractivity contribution is 9.10. The van der Waals surface area contributed by atoms with Crippen LogP contribution in [0.4, 0.5) is 5.69 Å². The summed E-state index contributed by atoms with van der Waals surface area (Å²) in [5.41, 5.74) is 3.76. The number of anilines is 1. The van der Waals surface area contributed by atoms with Gasteiger partial charge in [-0.2, -0.15) is 0 Å². The van der Waals surface area contributed by atoms with E-state index in [-0.39, 0.29) is 16.3 Å². The summed E-state index contributed by atoms with van der Waals surface area (Å²) in [6, 6.07) is 6.84. The average Bonchev–Trinajstić information content (AvgIpc) is 2.60. The Morgan fingerprint density at radius 3 is 2.67 bits per heavy atom. The van der Waals surface area contributed by atoms with E-state index in [0.717, 1.165) is 18.5 Å². The summed E-state index contributed by atoms with van der Waals surface area (Å²) >= 11 is 3.71. The van der Waals surface area contributed by atoms with Crippen LogP contribution < -0.4 is 4.90 Å². The SMILES string of the molecule is CC(C)CC(=O)N1c2ccc(CC(C)(C)Br)cc2CC1C. The maximum Gasteiger partial charge on any atom is 0.227 e. The lowest BCUT2D eigenvalue weighted by atomic mass is 9.99. The van der Waals surface area contributed by atoms with Crippen molar-refractivity contribution in [3.8, 4) is 0 Å². The summed E-state index contributed by atoms with van der Waals surface area (Å²) in [7, 11) is 0. The van der Waals surface area contributed by atoms with E-state index in [0.29, 0.717) is 12.3 Å². The Balaban J connectivity index is 2.24. The molecule has 0 radical (unpaired) electrons. The van der Waals surface area contributed by atoms with Crippen molar-refractivity contribution in [3.05, 3.63) is 29.3 Å². The molecule has 1 unspecified atom stereocenters. The summed E-state index contributed by atoms with van der Waals surface area (Å²) in [6.45, 7) is 10.7. The molecular weight excluding hydrogens is 326 g/mol. The number of carbonyl (C=O) groups is 1. The third-order valence-electron chi connectivity index (χ3n) is 3.84. The first-order valence-electron chi connectivity index (χ1n) is 7.80. The molecule has 0 aromatic heterocycles. The summed E-state index contributed by atoms with van der Waals surface area (Å²) < 4.78 is 0.110. The van der Waals surface area contributed by atoms with Crippen LogP contribution in [0.1, 0.15) is 52.2 Å². The molecule has 0 N–H and O–H groups in total. The van der Waals surface area contributed by atoms with Crippen LogP contribution in [0.25, 0.3) is 0 Å². The van der Waals surface area contributed by atoms with Crippen molar-refractivity contribution in [2.24, 2.45) is 5.92 Å². The second-order valence-electron chi connectivity index (χ2n) is 7.27. The van der Waals surface area contributed by atoms with Crippen molar-refractivity contribution < 1.29 is 4.79 Å². The Labute approximate surface area is 137 Å². The molecule has 3 heteroatoms. The van der Waals surface area contributed by atoms with Crippen molar-refractivity contribution in [1.82, 2.24) is 0 Å². The molecule has 0 saturated carbocycles. The number of alkyl halides is 1. The molecule has 1 aromatic carbocycles. The first-order valence-corrected chi connectivity index (χ1v) is 8.59. The van der Waals surface area contributed by atoms with E-state index in [9.17, 15) is 4.79 Å².